The van der Waals surface area contributed by atoms with Crippen LogP contribution in [0, 0.1) is 5.92 Å². The lowest BCUT2D eigenvalue weighted by molar-refractivity contribution is -0.135. The summed E-state index contributed by atoms with van der Waals surface area (Å²) in [6, 6.07) is 10.6. The van der Waals surface area contributed by atoms with E-state index in [1.807, 2.05) is 18.2 Å². The van der Waals surface area contributed by atoms with Gasteiger partial charge in [-0.1, -0.05) is 49.6 Å². The van der Waals surface area contributed by atoms with Crippen molar-refractivity contribution in [1.82, 2.24) is 15.5 Å². The van der Waals surface area contributed by atoms with Crippen LogP contribution in [0.15, 0.2) is 35.3 Å². The van der Waals surface area contributed by atoms with Crippen LogP contribution in [0.1, 0.15) is 44.1 Å². The maximum atomic E-state index is 12.7. The lowest BCUT2D eigenvalue weighted by Gasteiger charge is -2.26. The third-order valence-electron chi connectivity index (χ3n) is 5.32. The highest BCUT2D eigenvalue weighted by atomic mass is 16.2. The molecule has 2 fully saturated rings. The smallest absolute Gasteiger partial charge is 0.225 e. The number of aliphatic imine (C=N–C) groups is 1. The van der Waals surface area contributed by atoms with E-state index >= 15 is 0 Å². The Hall–Kier alpha value is -2.04. The number of carbonyl (C=O) groups is 1. The second-order valence-corrected chi connectivity index (χ2v) is 7.16. The first kappa shape index (κ1) is 17.8. The number of hydrogen-bond donors (Lipinski definition) is 2. The van der Waals surface area contributed by atoms with E-state index in [1.54, 1.807) is 7.05 Å². The normalized spacial score (nSPS) is 22.0. The number of guanidine groups is 1. The molecule has 136 valence electrons. The summed E-state index contributed by atoms with van der Waals surface area (Å²) in [6.07, 6.45) is 6.85. The minimum Gasteiger partial charge on any atom is -0.352 e. The molecule has 5 nitrogen and oxygen atoms in total. The summed E-state index contributed by atoms with van der Waals surface area (Å²) >= 11 is 0. The molecule has 5 heteroatoms. The van der Waals surface area contributed by atoms with Gasteiger partial charge in [0.05, 0.1) is 0 Å². The van der Waals surface area contributed by atoms with Crippen LogP contribution in [-0.4, -0.2) is 42.9 Å². The first-order valence-corrected chi connectivity index (χ1v) is 9.56. The third kappa shape index (κ3) is 4.97. The van der Waals surface area contributed by atoms with Gasteiger partial charge >= 0.3 is 0 Å². The van der Waals surface area contributed by atoms with E-state index in [1.165, 1.54) is 24.8 Å². The van der Waals surface area contributed by atoms with Gasteiger partial charge in [0.1, 0.15) is 0 Å². The van der Waals surface area contributed by atoms with Crippen LogP contribution in [0.3, 0.4) is 0 Å². The minimum atomic E-state index is 0.267. The van der Waals surface area contributed by atoms with Gasteiger partial charge in [0.25, 0.3) is 0 Å². The van der Waals surface area contributed by atoms with E-state index in [0.717, 1.165) is 44.9 Å². The van der Waals surface area contributed by atoms with Gasteiger partial charge in [0.2, 0.25) is 5.91 Å². The number of hydrogen-bond acceptors (Lipinski definition) is 2. The van der Waals surface area contributed by atoms with E-state index in [9.17, 15) is 4.79 Å². The zero-order valence-electron chi connectivity index (χ0n) is 15.2. The molecular formula is C20H30N4O. The van der Waals surface area contributed by atoms with Gasteiger partial charge in [-0.15, -0.1) is 0 Å². The Bertz CT molecular complexity index is 581. The summed E-state index contributed by atoms with van der Waals surface area (Å²) < 4.78 is 0. The van der Waals surface area contributed by atoms with E-state index in [0.29, 0.717) is 5.91 Å². The molecule has 1 aromatic rings. The Labute approximate surface area is 150 Å². The van der Waals surface area contributed by atoms with Crippen molar-refractivity contribution in [3.63, 3.8) is 0 Å². The lowest BCUT2D eigenvalue weighted by atomic mass is 9.88. The predicted octanol–water partition coefficient (Wildman–Crippen LogP) is 2.53. The average molecular weight is 342 g/mol. The van der Waals surface area contributed by atoms with Gasteiger partial charge < -0.3 is 15.5 Å². The quantitative estimate of drug-likeness (QED) is 0.653. The maximum absolute atomic E-state index is 12.7. The van der Waals surface area contributed by atoms with Gasteiger partial charge in [-0.05, 0) is 24.8 Å². The van der Waals surface area contributed by atoms with Gasteiger partial charge in [0, 0.05) is 38.6 Å². The van der Waals surface area contributed by atoms with Gasteiger partial charge in [-0.25, -0.2) is 0 Å². The van der Waals surface area contributed by atoms with Crippen LogP contribution in [0.25, 0.3) is 0 Å². The predicted molar refractivity (Wildman–Crippen MR) is 101 cm³/mol. The number of rotatable bonds is 4. The summed E-state index contributed by atoms with van der Waals surface area (Å²) in [7, 11) is 1.79. The molecule has 0 radical (unpaired) electrons. The highest BCUT2D eigenvalue weighted by Crippen LogP contribution is 2.26. The summed E-state index contributed by atoms with van der Waals surface area (Å²) in [6.45, 7) is 2.40. The van der Waals surface area contributed by atoms with Crippen LogP contribution in [0.5, 0.6) is 0 Å². The summed E-state index contributed by atoms with van der Waals surface area (Å²) in [4.78, 5) is 19.0. The number of amides is 1. The van der Waals surface area contributed by atoms with Crippen molar-refractivity contribution in [3.8, 4) is 0 Å². The molecule has 1 saturated carbocycles. The van der Waals surface area contributed by atoms with Crippen LogP contribution in [-0.2, 0) is 11.3 Å². The van der Waals surface area contributed by atoms with Gasteiger partial charge in [-0.3, -0.25) is 9.79 Å². The fourth-order valence-corrected chi connectivity index (χ4v) is 3.86. The fourth-order valence-electron chi connectivity index (χ4n) is 3.86. The molecule has 1 atom stereocenters. The molecule has 1 aromatic carbocycles. The minimum absolute atomic E-state index is 0.267. The first-order chi connectivity index (χ1) is 12.3. The Kier molecular flexibility index (Phi) is 6.31. The third-order valence-corrected chi connectivity index (χ3v) is 5.32. The second kappa shape index (κ2) is 8.88. The monoisotopic (exact) mass is 342 g/mol. The molecule has 1 aliphatic heterocycles. The molecule has 0 bridgehead atoms. The van der Waals surface area contributed by atoms with Crippen molar-refractivity contribution in [3.05, 3.63) is 35.9 Å². The largest absolute Gasteiger partial charge is 0.352 e. The van der Waals surface area contributed by atoms with Crippen LogP contribution >= 0.6 is 0 Å². The zero-order chi connectivity index (χ0) is 17.5. The van der Waals surface area contributed by atoms with Crippen molar-refractivity contribution in [2.75, 3.05) is 20.1 Å². The average Bonchev–Trinajstić information content (AvgIpc) is 3.14. The number of carbonyl (C=O) groups excluding carboxylic acids is 1. The molecule has 1 saturated heterocycles. The molecule has 1 heterocycles. The van der Waals surface area contributed by atoms with Crippen LogP contribution < -0.4 is 10.6 Å². The Morgan fingerprint density at radius 3 is 2.64 bits per heavy atom. The first-order valence-electron chi connectivity index (χ1n) is 9.56. The summed E-state index contributed by atoms with van der Waals surface area (Å²) in [5.74, 6) is 1.44. The van der Waals surface area contributed by atoms with Crippen molar-refractivity contribution in [1.29, 1.82) is 0 Å². The highest BCUT2D eigenvalue weighted by molar-refractivity contribution is 5.81. The van der Waals surface area contributed by atoms with Crippen molar-refractivity contribution >= 4 is 11.9 Å². The molecule has 1 amide bonds. The number of nitrogens with zero attached hydrogens (tertiary/aromatic N) is 2. The molecule has 0 spiro atoms. The molecule has 1 aliphatic carbocycles. The standard InChI is InChI=1S/C20H30N4O/c1-21-20(22-14-16-8-4-2-5-9-16)23-18-12-13-24(15-18)19(25)17-10-6-3-7-11-17/h2,4-5,8-9,17-18H,3,6-7,10-15H2,1H3,(H2,21,22,23). The SMILES string of the molecule is CN=C(NCc1ccccc1)NC1CCN(C(=O)C2CCCCC2)C1. The fraction of sp³-hybridized carbons (Fsp3) is 0.600. The van der Waals surface area contributed by atoms with E-state index in [4.69, 9.17) is 0 Å². The second-order valence-electron chi connectivity index (χ2n) is 7.16. The van der Waals surface area contributed by atoms with Crippen LogP contribution in [0.4, 0.5) is 0 Å². The Morgan fingerprint density at radius 2 is 1.92 bits per heavy atom. The molecule has 0 aromatic heterocycles. The Morgan fingerprint density at radius 1 is 1.16 bits per heavy atom. The van der Waals surface area contributed by atoms with Crippen molar-refractivity contribution in [2.24, 2.45) is 10.9 Å². The molecule has 25 heavy (non-hydrogen) atoms. The summed E-state index contributed by atoms with van der Waals surface area (Å²) in [5, 5.41) is 6.82. The Balaban J connectivity index is 1.45. The van der Waals surface area contributed by atoms with Crippen molar-refractivity contribution < 1.29 is 4.79 Å². The highest BCUT2D eigenvalue weighted by Gasteiger charge is 2.31. The van der Waals surface area contributed by atoms with E-state index < -0.39 is 0 Å². The van der Waals surface area contributed by atoms with Gasteiger partial charge in [0.15, 0.2) is 5.96 Å². The lowest BCUT2D eigenvalue weighted by Crippen LogP contribution is -2.45. The summed E-state index contributed by atoms with van der Waals surface area (Å²) in [5.41, 5.74) is 1.23. The maximum Gasteiger partial charge on any atom is 0.225 e. The van der Waals surface area contributed by atoms with E-state index in [-0.39, 0.29) is 12.0 Å². The number of benzene rings is 1. The molecule has 3 rings (SSSR count). The molecule has 2 N–H and O–H groups in total. The topological polar surface area (TPSA) is 56.7 Å². The number of likely N-dealkylation sites (tertiary alicyclic amines) is 1. The van der Waals surface area contributed by atoms with Crippen molar-refractivity contribution in [2.45, 2.75) is 51.1 Å². The van der Waals surface area contributed by atoms with Crippen LogP contribution in [0.2, 0.25) is 0 Å². The molecular weight excluding hydrogens is 312 g/mol. The van der Waals surface area contributed by atoms with Gasteiger partial charge in [-0.2, -0.15) is 0 Å². The zero-order valence-corrected chi connectivity index (χ0v) is 15.2. The van der Waals surface area contributed by atoms with E-state index in [2.05, 4.69) is 32.7 Å². The molecule has 2 aliphatic rings. The molecule has 1 unspecified atom stereocenters. The number of nitrogens with one attached hydrogen (secondary N) is 2.